The van der Waals surface area contributed by atoms with Crippen molar-refractivity contribution in [3.05, 3.63) is 33.8 Å². The van der Waals surface area contributed by atoms with Crippen LogP contribution >= 0.6 is 39.1 Å². The number of hydrogen-bond donors (Lipinski definition) is 1. The Morgan fingerprint density at radius 2 is 1.71 bits per heavy atom. The summed E-state index contributed by atoms with van der Waals surface area (Å²) in [6.45, 7) is 0. The first-order valence-corrected chi connectivity index (χ1v) is 5.20. The maximum atomic E-state index is 12.8. The van der Waals surface area contributed by atoms with Crippen molar-refractivity contribution >= 4 is 39.1 Å². The molecule has 0 radical (unpaired) electrons. The van der Waals surface area contributed by atoms with Gasteiger partial charge in [0.15, 0.2) is 11.6 Å². The summed E-state index contributed by atoms with van der Waals surface area (Å²) in [6, 6.07) is 1.76. The maximum absolute atomic E-state index is 12.8. The standard InChI is InChI=1S/C8H5BrCl2F2O/c9-4-2-6(13)5(12)1-3(4)7(14)8(10)11/h1-2,7-8,14H. The average Bonchev–Trinajstić information content (AvgIpc) is 2.10. The minimum Gasteiger partial charge on any atom is -0.386 e. The lowest BCUT2D eigenvalue weighted by molar-refractivity contribution is 0.191. The molecule has 1 nitrogen and oxygen atoms in total. The Morgan fingerprint density at radius 1 is 1.21 bits per heavy atom. The van der Waals surface area contributed by atoms with Gasteiger partial charge in [-0.25, -0.2) is 8.78 Å². The zero-order chi connectivity index (χ0) is 10.9. The van der Waals surface area contributed by atoms with Crippen molar-refractivity contribution < 1.29 is 13.9 Å². The summed E-state index contributed by atoms with van der Waals surface area (Å²) in [6.07, 6.45) is -1.26. The molecule has 0 saturated carbocycles. The van der Waals surface area contributed by atoms with Crippen molar-refractivity contribution in [2.75, 3.05) is 0 Å². The van der Waals surface area contributed by atoms with Gasteiger partial charge in [0.05, 0.1) is 0 Å². The third-order valence-corrected chi connectivity index (χ3v) is 2.76. The van der Waals surface area contributed by atoms with E-state index in [1.54, 1.807) is 0 Å². The second-order valence-electron chi connectivity index (χ2n) is 2.57. The lowest BCUT2D eigenvalue weighted by Crippen LogP contribution is -2.07. The second-order valence-corrected chi connectivity index (χ2v) is 4.59. The summed E-state index contributed by atoms with van der Waals surface area (Å²) in [5.74, 6) is -2.07. The van der Waals surface area contributed by atoms with Gasteiger partial charge >= 0.3 is 0 Å². The van der Waals surface area contributed by atoms with E-state index in [0.717, 1.165) is 12.1 Å². The van der Waals surface area contributed by atoms with Crippen molar-refractivity contribution in [2.24, 2.45) is 0 Å². The quantitative estimate of drug-likeness (QED) is 0.654. The number of halogens is 5. The highest BCUT2D eigenvalue weighted by molar-refractivity contribution is 9.10. The molecule has 0 spiro atoms. The van der Waals surface area contributed by atoms with Crippen LogP contribution in [0.5, 0.6) is 0 Å². The molecule has 0 fully saturated rings. The summed E-state index contributed by atoms with van der Waals surface area (Å²) in [4.78, 5) is -1.10. The Balaban J connectivity index is 3.15. The highest BCUT2D eigenvalue weighted by atomic mass is 79.9. The van der Waals surface area contributed by atoms with Crippen molar-refractivity contribution in [3.8, 4) is 0 Å². The molecule has 14 heavy (non-hydrogen) atoms. The van der Waals surface area contributed by atoms with Gasteiger partial charge in [0, 0.05) is 10.0 Å². The van der Waals surface area contributed by atoms with E-state index < -0.39 is 22.6 Å². The molecule has 1 rings (SSSR count). The Kier molecular flexibility index (Phi) is 4.13. The monoisotopic (exact) mass is 304 g/mol. The first-order valence-electron chi connectivity index (χ1n) is 3.54. The smallest absolute Gasteiger partial charge is 0.159 e. The van der Waals surface area contributed by atoms with Crippen molar-refractivity contribution in [3.63, 3.8) is 0 Å². The highest BCUT2D eigenvalue weighted by Gasteiger charge is 2.20. The predicted molar refractivity (Wildman–Crippen MR) is 54.5 cm³/mol. The van der Waals surface area contributed by atoms with E-state index in [1.165, 1.54) is 0 Å². The topological polar surface area (TPSA) is 20.2 Å². The van der Waals surface area contributed by atoms with E-state index in [1.807, 2.05) is 0 Å². The maximum Gasteiger partial charge on any atom is 0.159 e. The van der Waals surface area contributed by atoms with Crippen LogP contribution in [-0.4, -0.2) is 9.94 Å². The molecule has 78 valence electrons. The van der Waals surface area contributed by atoms with Crippen LogP contribution in [0.25, 0.3) is 0 Å². The Hall–Kier alpha value is 0.100. The van der Waals surface area contributed by atoms with Crippen molar-refractivity contribution in [1.29, 1.82) is 0 Å². The van der Waals surface area contributed by atoms with E-state index in [0.29, 0.717) is 0 Å². The molecule has 0 aromatic heterocycles. The van der Waals surface area contributed by atoms with E-state index in [4.69, 9.17) is 23.2 Å². The molecule has 1 aromatic carbocycles. The molecule has 0 aliphatic heterocycles. The number of alkyl halides is 2. The van der Waals surface area contributed by atoms with Crippen molar-refractivity contribution in [2.45, 2.75) is 10.9 Å². The van der Waals surface area contributed by atoms with Crippen LogP contribution in [0, 0.1) is 11.6 Å². The minimum absolute atomic E-state index is 0.110. The van der Waals surface area contributed by atoms with Gasteiger partial charge in [0.2, 0.25) is 0 Å². The van der Waals surface area contributed by atoms with Gasteiger partial charge in [-0.3, -0.25) is 0 Å². The van der Waals surface area contributed by atoms with E-state index in [2.05, 4.69) is 15.9 Å². The fraction of sp³-hybridized carbons (Fsp3) is 0.250. The molecule has 1 N–H and O–H groups in total. The Labute approximate surface area is 97.8 Å². The van der Waals surface area contributed by atoms with Gasteiger partial charge in [-0.05, 0) is 12.1 Å². The number of benzene rings is 1. The van der Waals surface area contributed by atoms with Crippen LogP contribution in [-0.2, 0) is 0 Å². The van der Waals surface area contributed by atoms with Gasteiger partial charge in [-0.2, -0.15) is 0 Å². The van der Waals surface area contributed by atoms with Crippen molar-refractivity contribution in [1.82, 2.24) is 0 Å². The number of aliphatic hydroxyl groups is 1. The van der Waals surface area contributed by atoms with Gasteiger partial charge in [0.1, 0.15) is 10.9 Å². The molecular weight excluding hydrogens is 301 g/mol. The first-order chi connectivity index (χ1) is 6.43. The normalized spacial score (nSPS) is 13.4. The number of hydrogen-bond acceptors (Lipinski definition) is 1. The van der Waals surface area contributed by atoms with Crippen LogP contribution < -0.4 is 0 Å². The molecule has 0 bridgehead atoms. The van der Waals surface area contributed by atoms with E-state index in [9.17, 15) is 13.9 Å². The summed E-state index contributed by atoms with van der Waals surface area (Å²) in [7, 11) is 0. The highest BCUT2D eigenvalue weighted by Crippen LogP contribution is 2.31. The molecule has 0 amide bonds. The van der Waals surface area contributed by atoms with E-state index >= 15 is 0 Å². The number of aliphatic hydroxyl groups excluding tert-OH is 1. The first kappa shape index (κ1) is 12.2. The lowest BCUT2D eigenvalue weighted by atomic mass is 10.1. The third-order valence-electron chi connectivity index (χ3n) is 1.60. The van der Waals surface area contributed by atoms with Gasteiger partial charge in [-0.15, -0.1) is 23.2 Å². The summed E-state index contributed by atoms with van der Waals surface area (Å²) in [5.41, 5.74) is 0.110. The molecule has 0 saturated heterocycles. The summed E-state index contributed by atoms with van der Waals surface area (Å²) < 4.78 is 25.7. The van der Waals surface area contributed by atoms with Crippen LogP contribution in [0.4, 0.5) is 8.78 Å². The zero-order valence-corrected chi connectivity index (χ0v) is 9.74. The van der Waals surface area contributed by atoms with Gasteiger partial charge < -0.3 is 5.11 Å². The van der Waals surface area contributed by atoms with Crippen LogP contribution in [0.15, 0.2) is 16.6 Å². The third kappa shape index (κ3) is 2.57. The van der Waals surface area contributed by atoms with E-state index in [-0.39, 0.29) is 10.0 Å². The molecule has 0 aliphatic rings. The second kappa shape index (κ2) is 4.75. The SMILES string of the molecule is OC(c1cc(F)c(F)cc1Br)C(Cl)Cl. The fourth-order valence-electron chi connectivity index (χ4n) is 0.900. The molecule has 1 atom stereocenters. The average molecular weight is 306 g/mol. The number of rotatable bonds is 2. The zero-order valence-electron chi connectivity index (χ0n) is 6.65. The summed E-state index contributed by atoms with van der Waals surface area (Å²) in [5, 5.41) is 9.41. The summed E-state index contributed by atoms with van der Waals surface area (Å²) >= 11 is 13.8. The molecule has 1 aromatic rings. The molecular formula is C8H5BrCl2F2O. The molecule has 6 heteroatoms. The van der Waals surface area contributed by atoms with Crippen LogP contribution in [0.2, 0.25) is 0 Å². The lowest BCUT2D eigenvalue weighted by Gasteiger charge is -2.13. The predicted octanol–water partition coefficient (Wildman–Crippen LogP) is 3.56. The van der Waals surface area contributed by atoms with Gasteiger partial charge in [-0.1, -0.05) is 15.9 Å². The molecule has 1 unspecified atom stereocenters. The van der Waals surface area contributed by atoms with Crippen LogP contribution in [0.1, 0.15) is 11.7 Å². The Morgan fingerprint density at radius 3 is 2.21 bits per heavy atom. The Bertz CT molecular complexity index is 346. The van der Waals surface area contributed by atoms with Gasteiger partial charge in [0.25, 0.3) is 0 Å². The largest absolute Gasteiger partial charge is 0.386 e. The molecule has 0 heterocycles. The van der Waals surface area contributed by atoms with Crippen LogP contribution in [0.3, 0.4) is 0 Å². The minimum atomic E-state index is -1.26. The fourth-order valence-corrected chi connectivity index (χ4v) is 1.72. The molecule has 0 aliphatic carbocycles.